The van der Waals surface area contributed by atoms with Crippen molar-refractivity contribution < 1.29 is 4.74 Å². The molecule has 1 fully saturated rings. The van der Waals surface area contributed by atoms with Crippen molar-refractivity contribution in [3.8, 4) is 0 Å². The molecule has 1 aliphatic rings. The Morgan fingerprint density at radius 1 is 1.15 bits per heavy atom. The smallest absolute Gasteiger partial charge is 0.151 e. The summed E-state index contributed by atoms with van der Waals surface area (Å²) in [5.41, 5.74) is 5.25. The monoisotopic (exact) mass is 354 g/mol. The minimum atomic E-state index is 0.678. The molecule has 138 valence electrons. The summed E-state index contributed by atoms with van der Waals surface area (Å²) in [7, 11) is 0. The Morgan fingerprint density at radius 3 is 2.58 bits per heavy atom. The number of hydrogen-bond acceptors (Lipinski definition) is 7. The third-order valence-corrected chi connectivity index (χ3v) is 4.40. The first-order valence-electron chi connectivity index (χ1n) is 9.09. The summed E-state index contributed by atoms with van der Waals surface area (Å²) in [6, 6.07) is 10.3. The average Bonchev–Trinajstić information content (AvgIpc) is 2.71. The summed E-state index contributed by atoms with van der Waals surface area (Å²) in [6.07, 6.45) is 3.35. The predicted octanol–water partition coefficient (Wildman–Crippen LogP) is 2.61. The van der Waals surface area contributed by atoms with Gasteiger partial charge >= 0.3 is 0 Å². The number of benzene rings is 1. The van der Waals surface area contributed by atoms with Crippen LogP contribution in [0.15, 0.2) is 41.8 Å². The topological polar surface area (TPSA) is 65.9 Å². The van der Waals surface area contributed by atoms with E-state index >= 15 is 0 Å². The molecule has 0 radical (unpaired) electrons. The maximum Gasteiger partial charge on any atom is 0.151 e. The van der Waals surface area contributed by atoms with Crippen molar-refractivity contribution in [2.24, 2.45) is 5.10 Å². The quantitative estimate of drug-likeness (QED) is 0.609. The molecular weight excluding hydrogens is 328 g/mol. The van der Waals surface area contributed by atoms with Crippen LogP contribution in [0.4, 0.5) is 17.3 Å². The van der Waals surface area contributed by atoms with E-state index in [0.29, 0.717) is 5.82 Å². The third kappa shape index (κ3) is 4.70. The van der Waals surface area contributed by atoms with Crippen molar-refractivity contribution in [3.05, 3.63) is 42.2 Å². The van der Waals surface area contributed by atoms with E-state index in [9.17, 15) is 0 Å². The number of aromatic nitrogens is 2. The molecule has 0 atom stereocenters. The summed E-state index contributed by atoms with van der Waals surface area (Å²) < 4.78 is 5.38. The van der Waals surface area contributed by atoms with Crippen molar-refractivity contribution in [3.63, 3.8) is 0 Å². The van der Waals surface area contributed by atoms with E-state index < -0.39 is 0 Å². The van der Waals surface area contributed by atoms with E-state index in [2.05, 4.69) is 68.4 Å². The van der Waals surface area contributed by atoms with Gasteiger partial charge in [-0.05, 0) is 31.5 Å². The first-order valence-corrected chi connectivity index (χ1v) is 9.09. The van der Waals surface area contributed by atoms with E-state index in [0.717, 1.165) is 50.8 Å². The van der Waals surface area contributed by atoms with Crippen LogP contribution in [-0.2, 0) is 4.74 Å². The summed E-state index contributed by atoms with van der Waals surface area (Å²) >= 11 is 0. The Morgan fingerprint density at radius 2 is 1.88 bits per heavy atom. The Bertz CT molecular complexity index is 708. The van der Waals surface area contributed by atoms with Crippen LogP contribution < -0.4 is 15.2 Å². The van der Waals surface area contributed by atoms with E-state index in [1.54, 1.807) is 12.5 Å². The van der Waals surface area contributed by atoms with Crippen molar-refractivity contribution in [2.75, 3.05) is 54.6 Å². The number of morpholine rings is 1. The lowest BCUT2D eigenvalue weighted by Gasteiger charge is -2.27. The molecule has 7 heteroatoms. The molecule has 1 saturated heterocycles. The fourth-order valence-corrected chi connectivity index (χ4v) is 2.91. The maximum atomic E-state index is 5.38. The highest BCUT2D eigenvalue weighted by atomic mass is 16.5. The number of hydrogen-bond donors (Lipinski definition) is 1. The van der Waals surface area contributed by atoms with E-state index in [4.69, 9.17) is 4.74 Å². The van der Waals surface area contributed by atoms with Crippen LogP contribution in [0, 0.1) is 0 Å². The SMILES string of the molecule is CCN(CC)c1ccc(/C=N\Nc2cc(N3CCOCC3)ncn2)cc1. The number of anilines is 3. The van der Waals surface area contributed by atoms with Gasteiger partial charge in [-0.2, -0.15) is 5.10 Å². The van der Waals surface area contributed by atoms with Gasteiger partial charge in [-0.1, -0.05) is 12.1 Å². The van der Waals surface area contributed by atoms with Crippen molar-refractivity contribution in [1.82, 2.24) is 9.97 Å². The summed E-state index contributed by atoms with van der Waals surface area (Å²) in [5.74, 6) is 1.57. The molecule has 3 rings (SSSR count). The highest BCUT2D eigenvalue weighted by molar-refractivity contribution is 5.80. The summed E-state index contributed by atoms with van der Waals surface area (Å²) in [6.45, 7) is 9.49. The van der Waals surface area contributed by atoms with Crippen molar-refractivity contribution >= 4 is 23.5 Å². The van der Waals surface area contributed by atoms with Gasteiger partial charge in [0.05, 0.1) is 19.4 Å². The first kappa shape index (κ1) is 18.1. The first-order chi connectivity index (χ1) is 12.8. The number of rotatable bonds is 7. The summed E-state index contributed by atoms with van der Waals surface area (Å²) in [5, 5.41) is 4.29. The second-order valence-corrected chi connectivity index (χ2v) is 5.99. The Kier molecular flexibility index (Phi) is 6.38. The minimum Gasteiger partial charge on any atom is -0.378 e. The molecule has 1 N–H and O–H groups in total. The van der Waals surface area contributed by atoms with Gasteiger partial charge in [0.1, 0.15) is 12.1 Å². The molecular formula is C19H26N6O. The van der Waals surface area contributed by atoms with Gasteiger partial charge in [0.25, 0.3) is 0 Å². The lowest BCUT2D eigenvalue weighted by Crippen LogP contribution is -2.36. The van der Waals surface area contributed by atoms with E-state index in [1.165, 1.54) is 5.69 Å². The molecule has 0 saturated carbocycles. The van der Waals surface area contributed by atoms with E-state index in [-0.39, 0.29) is 0 Å². The maximum absolute atomic E-state index is 5.38. The van der Waals surface area contributed by atoms with Gasteiger partial charge in [-0.15, -0.1) is 0 Å². The minimum absolute atomic E-state index is 0.678. The molecule has 0 amide bonds. The van der Waals surface area contributed by atoms with Crippen LogP contribution in [0.2, 0.25) is 0 Å². The normalized spacial score (nSPS) is 14.6. The Hall–Kier alpha value is -2.67. The molecule has 26 heavy (non-hydrogen) atoms. The zero-order valence-corrected chi connectivity index (χ0v) is 15.4. The zero-order valence-electron chi connectivity index (χ0n) is 15.4. The molecule has 0 aliphatic carbocycles. The molecule has 0 spiro atoms. The van der Waals surface area contributed by atoms with Crippen LogP contribution in [0.3, 0.4) is 0 Å². The molecule has 1 aliphatic heterocycles. The lowest BCUT2D eigenvalue weighted by molar-refractivity contribution is 0.122. The van der Waals surface area contributed by atoms with Gasteiger partial charge in [0.15, 0.2) is 5.82 Å². The Labute approximate surface area is 154 Å². The number of ether oxygens (including phenoxy) is 1. The third-order valence-electron chi connectivity index (χ3n) is 4.40. The van der Waals surface area contributed by atoms with Gasteiger partial charge < -0.3 is 14.5 Å². The van der Waals surface area contributed by atoms with Gasteiger partial charge in [-0.3, -0.25) is 5.43 Å². The molecule has 0 bridgehead atoms. The van der Waals surface area contributed by atoms with Crippen LogP contribution in [0.25, 0.3) is 0 Å². The second kappa shape index (κ2) is 9.15. The van der Waals surface area contributed by atoms with Crippen molar-refractivity contribution in [1.29, 1.82) is 0 Å². The zero-order chi connectivity index (χ0) is 18.2. The standard InChI is InChI=1S/C19H26N6O/c1-3-24(4-2)17-7-5-16(6-8-17)14-22-23-18-13-19(21-15-20-18)25-9-11-26-12-10-25/h5-8,13-15H,3-4,9-12H2,1-2H3,(H,20,21,23)/b22-14-. The van der Waals surface area contributed by atoms with Gasteiger partial charge in [-0.25, -0.2) is 9.97 Å². The molecule has 2 aromatic rings. The fourth-order valence-electron chi connectivity index (χ4n) is 2.91. The van der Waals surface area contributed by atoms with Crippen LogP contribution in [0.5, 0.6) is 0 Å². The Balaban J connectivity index is 1.59. The molecule has 0 unspecified atom stereocenters. The highest BCUT2D eigenvalue weighted by Crippen LogP contribution is 2.16. The van der Waals surface area contributed by atoms with Crippen molar-refractivity contribution in [2.45, 2.75) is 13.8 Å². The largest absolute Gasteiger partial charge is 0.378 e. The highest BCUT2D eigenvalue weighted by Gasteiger charge is 2.12. The van der Waals surface area contributed by atoms with Crippen LogP contribution in [-0.4, -0.2) is 55.6 Å². The molecule has 7 nitrogen and oxygen atoms in total. The molecule has 2 heterocycles. The van der Waals surface area contributed by atoms with Crippen LogP contribution in [0.1, 0.15) is 19.4 Å². The van der Waals surface area contributed by atoms with Gasteiger partial charge in [0.2, 0.25) is 0 Å². The van der Waals surface area contributed by atoms with Gasteiger partial charge in [0, 0.05) is 37.9 Å². The molecule has 1 aromatic heterocycles. The molecule has 1 aromatic carbocycles. The van der Waals surface area contributed by atoms with Crippen LogP contribution >= 0.6 is 0 Å². The van der Waals surface area contributed by atoms with E-state index in [1.807, 2.05) is 6.07 Å². The number of hydrazone groups is 1. The lowest BCUT2D eigenvalue weighted by atomic mass is 10.2. The second-order valence-electron chi connectivity index (χ2n) is 5.99. The fraction of sp³-hybridized carbons (Fsp3) is 0.421. The number of nitrogens with zero attached hydrogens (tertiary/aromatic N) is 5. The number of nitrogens with one attached hydrogen (secondary N) is 1. The summed E-state index contributed by atoms with van der Waals surface area (Å²) in [4.78, 5) is 13.1. The predicted molar refractivity (Wildman–Crippen MR) is 106 cm³/mol. The average molecular weight is 354 g/mol.